The number of rotatable bonds is 2. The fourth-order valence-corrected chi connectivity index (χ4v) is 5.27. The predicted octanol–water partition coefficient (Wildman–Crippen LogP) is 7.85. The van der Waals surface area contributed by atoms with E-state index in [0.717, 1.165) is 0 Å². The molecule has 0 saturated heterocycles. The summed E-state index contributed by atoms with van der Waals surface area (Å²) >= 11 is 1.84. The Hall–Kier alpha value is -3.43. The first-order valence-electron chi connectivity index (χ1n) is 10.1. The molecule has 0 fully saturated rings. The Morgan fingerprint density at radius 3 is 2.00 bits per heavy atom. The molecule has 30 heavy (non-hydrogen) atoms. The molecule has 0 radical (unpaired) electrons. The average molecular weight is 405 g/mol. The van der Waals surface area contributed by atoms with Crippen LogP contribution in [0.4, 0.5) is 17.2 Å². The number of aryl methyl sites for hydroxylation is 1. The molecule has 0 saturated carbocycles. The molecule has 2 aromatic heterocycles. The van der Waals surface area contributed by atoms with Crippen molar-refractivity contribution in [2.45, 2.75) is 16.7 Å². The normalized spacial score (nSPS) is 12.6. The van der Waals surface area contributed by atoms with Gasteiger partial charge >= 0.3 is 0 Å². The van der Waals surface area contributed by atoms with E-state index in [1.165, 1.54) is 49.2 Å². The summed E-state index contributed by atoms with van der Waals surface area (Å²) in [7, 11) is 0. The van der Waals surface area contributed by atoms with Crippen LogP contribution in [0.15, 0.2) is 113 Å². The summed E-state index contributed by atoms with van der Waals surface area (Å²) in [4.78, 5) is 4.97. The number of aromatic nitrogens is 1. The molecule has 3 heteroatoms. The van der Waals surface area contributed by atoms with E-state index in [0.29, 0.717) is 0 Å². The van der Waals surface area contributed by atoms with Gasteiger partial charge in [-0.1, -0.05) is 71.9 Å². The van der Waals surface area contributed by atoms with Gasteiger partial charge in [-0.25, -0.2) is 0 Å². The van der Waals surface area contributed by atoms with Gasteiger partial charge in [-0.3, -0.25) is 4.90 Å². The van der Waals surface area contributed by atoms with Gasteiger partial charge in [-0.05, 0) is 55.0 Å². The van der Waals surface area contributed by atoms with E-state index in [1.807, 2.05) is 11.8 Å². The Bertz CT molecular complexity index is 1340. The number of hydrogen-bond acceptors (Lipinski definition) is 2. The van der Waals surface area contributed by atoms with E-state index < -0.39 is 0 Å². The molecule has 0 amide bonds. The maximum atomic E-state index is 2.42. The summed E-state index contributed by atoms with van der Waals surface area (Å²) in [6.45, 7) is 2.13. The van der Waals surface area contributed by atoms with E-state index in [2.05, 4.69) is 119 Å². The van der Waals surface area contributed by atoms with Crippen LogP contribution in [0.5, 0.6) is 0 Å². The molecule has 0 bridgehead atoms. The number of fused-ring (bicyclic) bond motifs is 3. The van der Waals surface area contributed by atoms with E-state index in [-0.39, 0.29) is 0 Å². The molecule has 0 unspecified atom stereocenters. The number of hydrogen-bond donors (Lipinski definition) is 0. The minimum absolute atomic E-state index is 1.18. The van der Waals surface area contributed by atoms with Crippen molar-refractivity contribution in [1.82, 2.24) is 4.40 Å². The molecule has 1 aliphatic heterocycles. The number of anilines is 3. The lowest BCUT2D eigenvalue weighted by molar-refractivity contribution is 1.08. The molecule has 0 aliphatic carbocycles. The molecule has 6 rings (SSSR count). The molecule has 144 valence electrons. The van der Waals surface area contributed by atoms with E-state index in [9.17, 15) is 0 Å². The second-order valence-electron chi connectivity index (χ2n) is 7.62. The molecular formula is C27H20N2S. The van der Waals surface area contributed by atoms with Crippen LogP contribution in [0.1, 0.15) is 5.56 Å². The topological polar surface area (TPSA) is 7.65 Å². The Kier molecular flexibility index (Phi) is 3.96. The van der Waals surface area contributed by atoms with Crippen LogP contribution in [0.3, 0.4) is 0 Å². The van der Waals surface area contributed by atoms with Gasteiger partial charge in [0.15, 0.2) is 0 Å². The number of pyridine rings is 1. The molecule has 5 aromatic rings. The van der Waals surface area contributed by atoms with Crippen LogP contribution in [0.25, 0.3) is 16.6 Å². The number of nitrogens with zero attached hydrogens (tertiary/aromatic N) is 2. The summed E-state index contributed by atoms with van der Waals surface area (Å²) in [5.74, 6) is 1.18. The maximum absolute atomic E-state index is 2.42. The molecule has 3 heterocycles. The standard InChI is InChI=1S/C27H20N2S/c1-19-13-15-20(16-14-19)22-18-21-8-6-7-17-28(21)27(22)29-23-9-2-4-11-25(23)30-26-12-5-3-10-24(26)29/h2-18H,1H3. The smallest absolute Gasteiger partial charge is 0.130 e. The summed E-state index contributed by atoms with van der Waals surface area (Å²) in [5.41, 5.74) is 7.37. The third-order valence-corrected chi connectivity index (χ3v) is 6.79. The first-order valence-corrected chi connectivity index (χ1v) is 10.9. The third kappa shape index (κ3) is 2.66. The second-order valence-corrected chi connectivity index (χ2v) is 8.70. The minimum atomic E-state index is 1.18. The zero-order valence-electron chi connectivity index (χ0n) is 16.6. The van der Waals surface area contributed by atoms with Gasteiger partial charge in [0.2, 0.25) is 0 Å². The maximum Gasteiger partial charge on any atom is 0.130 e. The van der Waals surface area contributed by atoms with Gasteiger partial charge in [-0.15, -0.1) is 0 Å². The highest BCUT2D eigenvalue weighted by atomic mass is 32.2. The van der Waals surface area contributed by atoms with Crippen LogP contribution in [-0.4, -0.2) is 4.40 Å². The summed E-state index contributed by atoms with van der Waals surface area (Å²) in [5, 5.41) is 0. The van der Waals surface area contributed by atoms with E-state index in [4.69, 9.17) is 0 Å². The van der Waals surface area contributed by atoms with Crippen molar-refractivity contribution in [1.29, 1.82) is 0 Å². The van der Waals surface area contributed by atoms with Gasteiger partial charge < -0.3 is 4.40 Å². The van der Waals surface area contributed by atoms with Crippen molar-refractivity contribution in [3.05, 3.63) is 109 Å². The van der Waals surface area contributed by atoms with Gasteiger partial charge in [-0.2, -0.15) is 0 Å². The molecule has 1 aliphatic rings. The van der Waals surface area contributed by atoms with Crippen molar-refractivity contribution in [2.75, 3.05) is 4.90 Å². The first kappa shape index (κ1) is 17.4. The van der Waals surface area contributed by atoms with Crippen LogP contribution in [0.2, 0.25) is 0 Å². The number of benzene rings is 3. The highest BCUT2D eigenvalue weighted by Gasteiger charge is 2.28. The van der Waals surface area contributed by atoms with Gasteiger partial charge in [0.1, 0.15) is 5.82 Å². The third-order valence-electron chi connectivity index (χ3n) is 5.66. The van der Waals surface area contributed by atoms with Gasteiger partial charge in [0.25, 0.3) is 0 Å². The highest BCUT2D eigenvalue weighted by molar-refractivity contribution is 7.99. The molecular weight excluding hydrogens is 384 g/mol. The lowest BCUT2D eigenvalue weighted by Crippen LogP contribution is -2.17. The molecule has 0 N–H and O–H groups in total. The monoisotopic (exact) mass is 404 g/mol. The van der Waals surface area contributed by atoms with Gasteiger partial charge in [0.05, 0.1) is 11.4 Å². The minimum Gasteiger partial charge on any atom is -0.302 e. The predicted molar refractivity (Wildman–Crippen MR) is 126 cm³/mol. The lowest BCUT2D eigenvalue weighted by atomic mass is 10.1. The van der Waals surface area contributed by atoms with Crippen molar-refractivity contribution in [3.8, 4) is 11.1 Å². The van der Waals surface area contributed by atoms with Crippen molar-refractivity contribution in [2.24, 2.45) is 0 Å². The van der Waals surface area contributed by atoms with Crippen LogP contribution >= 0.6 is 11.8 Å². The van der Waals surface area contributed by atoms with E-state index in [1.54, 1.807) is 0 Å². The van der Waals surface area contributed by atoms with Crippen molar-refractivity contribution in [3.63, 3.8) is 0 Å². The largest absolute Gasteiger partial charge is 0.302 e. The Labute approximate surface area is 180 Å². The average Bonchev–Trinajstić information content (AvgIpc) is 3.17. The Balaban J connectivity index is 1.70. The fourth-order valence-electron chi connectivity index (χ4n) is 4.22. The Morgan fingerprint density at radius 1 is 0.667 bits per heavy atom. The Morgan fingerprint density at radius 2 is 1.30 bits per heavy atom. The first-order chi connectivity index (χ1) is 14.8. The summed E-state index contributed by atoms with van der Waals surface area (Å²) < 4.78 is 2.30. The van der Waals surface area contributed by atoms with Gasteiger partial charge in [0, 0.05) is 27.1 Å². The van der Waals surface area contributed by atoms with Crippen molar-refractivity contribution >= 4 is 34.5 Å². The molecule has 0 spiro atoms. The SMILES string of the molecule is Cc1ccc(-c2cc3ccccn3c2N2c3ccccc3Sc3ccccc32)cc1. The fraction of sp³-hybridized carbons (Fsp3) is 0.0370. The lowest BCUT2D eigenvalue weighted by Gasteiger charge is -2.33. The summed E-state index contributed by atoms with van der Waals surface area (Å²) in [6, 6.07) is 34.9. The van der Waals surface area contributed by atoms with Crippen LogP contribution in [-0.2, 0) is 0 Å². The van der Waals surface area contributed by atoms with Crippen LogP contribution < -0.4 is 4.90 Å². The molecule has 3 aromatic carbocycles. The molecule has 0 atom stereocenters. The van der Waals surface area contributed by atoms with Crippen molar-refractivity contribution < 1.29 is 0 Å². The second kappa shape index (κ2) is 6.82. The number of para-hydroxylation sites is 2. The highest BCUT2D eigenvalue weighted by Crippen LogP contribution is 2.53. The zero-order valence-corrected chi connectivity index (χ0v) is 17.4. The zero-order chi connectivity index (χ0) is 20.1. The van der Waals surface area contributed by atoms with E-state index >= 15 is 0 Å². The summed E-state index contributed by atoms with van der Waals surface area (Å²) in [6.07, 6.45) is 2.16. The quantitative estimate of drug-likeness (QED) is 0.290. The van der Waals surface area contributed by atoms with Crippen LogP contribution in [0, 0.1) is 6.92 Å². The molecule has 2 nitrogen and oxygen atoms in total.